The molecule has 0 spiro atoms. The molecule has 3 heterocycles. The lowest BCUT2D eigenvalue weighted by Gasteiger charge is -2.22. The van der Waals surface area contributed by atoms with Crippen molar-refractivity contribution in [3.05, 3.63) is 65.6 Å². The van der Waals surface area contributed by atoms with Gasteiger partial charge < -0.3 is 20.1 Å². The molecule has 3 aromatic rings. The Bertz CT molecular complexity index is 986. The van der Waals surface area contributed by atoms with Crippen LogP contribution in [0, 0.1) is 0 Å². The summed E-state index contributed by atoms with van der Waals surface area (Å²) in [6.07, 6.45) is 4.24. The summed E-state index contributed by atoms with van der Waals surface area (Å²) in [7, 11) is 0. The quantitative estimate of drug-likeness (QED) is 0.255. The second-order valence-corrected chi connectivity index (χ2v) is 7.53. The molecule has 32 heavy (non-hydrogen) atoms. The molecule has 1 saturated heterocycles. The first kappa shape index (κ1) is 24.4. The first-order valence-corrected chi connectivity index (χ1v) is 10.9. The maximum atomic E-state index is 6.00. The van der Waals surface area contributed by atoms with Crippen molar-refractivity contribution in [1.82, 2.24) is 25.2 Å². The average Bonchev–Trinajstić information content (AvgIpc) is 3.24. The van der Waals surface area contributed by atoms with Gasteiger partial charge in [0.05, 0.1) is 25.8 Å². The van der Waals surface area contributed by atoms with Crippen molar-refractivity contribution < 1.29 is 9.47 Å². The number of pyridine rings is 1. The number of halogens is 1. The monoisotopic (exact) mass is 550 g/mol. The van der Waals surface area contributed by atoms with E-state index in [2.05, 4.69) is 52.0 Å². The lowest BCUT2D eigenvalue weighted by atomic mass is 10.1. The molecule has 1 aliphatic heterocycles. The summed E-state index contributed by atoms with van der Waals surface area (Å²) in [4.78, 5) is 4.70. The number of nitrogens with zero attached hydrogens (tertiary/aromatic N) is 4. The molecule has 2 N–H and O–H groups in total. The largest absolute Gasteiger partial charge is 0.381 e. The third-order valence-corrected chi connectivity index (χ3v) is 5.24. The molecule has 2 aromatic heterocycles. The van der Waals surface area contributed by atoms with E-state index in [-0.39, 0.29) is 24.0 Å². The van der Waals surface area contributed by atoms with Crippen LogP contribution in [0.3, 0.4) is 0 Å². The van der Waals surface area contributed by atoms with E-state index in [0.717, 1.165) is 55.6 Å². The summed E-state index contributed by atoms with van der Waals surface area (Å²) < 4.78 is 13.3. The fraction of sp³-hybridized carbons (Fsp3) is 0.435. The van der Waals surface area contributed by atoms with Crippen LogP contribution in [0.1, 0.15) is 36.7 Å². The molecule has 1 aliphatic rings. The van der Waals surface area contributed by atoms with E-state index < -0.39 is 0 Å². The van der Waals surface area contributed by atoms with E-state index in [1.807, 2.05) is 28.8 Å². The average molecular weight is 550 g/mol. The molecule has 0 aliphatic carbocycles. The molecule has 1 aromatic carbocycles. The number of hydrogen-bond donors (Lipinski definition) is 2. The molecular weight excluding hydrogens is 519 g/mol. The number of nitrogens with one attached hydrogen (secondary N) is 2. The molecule has 0 unspecified atom stereocenters. The molecule has 4 rings (SSSR count). The summed E-state index contributed by atoms with van der Waals surface area (Å²) in [6.45, 7) is 6.22. The van der Waals surface area contributed by atoms with Gasteiger partial charge in [-0.3, -0.25) is 4.40 Å². The SMILES string of the molecule is CCNC(=NCc1ccc(COC2CCOCC2)cc1)NCc1nnc2ccccn12.I. The molecule has 1 fully saturated rings. The van der Waals surface area contributed by atoms with Gasteiger partial charge in [-0.1, -0.05) is 30.3 Å². The third-order valence-electron chi connectivity index (χ3n) is 5.24. The van der Waals surface area contributed by atoms with Crippen LogP contribution < -0.4 is 10.6 Å². The summed E-state index contributed by atoms with van der Waals surface area (Å²) in [5.41, 5.74) is 3.17. The Hall–Kier alpha value is -2.24. The number of aliphatic imine (C=N–C) groups is 1. The fourth-order valence-electron chi connectivity index (χ4n) is 3.48. The summed E-state index contributed by atoms with van der Waals surface area (Å²) in [5.74, 6) is 1.59. The van der Waals surface area contributed by atoms with Gasteiger partial charge >= 0.3 is 0 Å². The van der Waals surface area contributed by atoms with Crippen molar-refractivity contribution in [2.24, 2.45) is 4.99 Å². The van der Waals surface area contributed by atoms with E-state index in [1.165, 1.54) is 5.56 Å². The minimum atomic E-state index is 0. The van der Waals surface area contributed by atoms with Gasteiger partial charge in [0.1, 0.15) is 0 Å². The topological polar surface area (TPSA) is 85.1 Å². The predicted octanol–water partition coefficient (Wildman–Crippen LogP) is 3.30. The van der Waals surface area contributed by atoms with Crippen LogP contribution in [0.15, 0.2) is 53.7 Å². The number of fused-ring (bicyclic) bond motifs is 1. The minimum absolute atomic E-state index is 0. The zero-order chi connectivity index (χ0) is 21.3. The second kappa shape index (κ2) is 12.7. The molecule has 172 valence electrons. The lowest BCUT2D eigenvalue weighted by Crippen LogP contribution is -2.37. The first-order valence-electron chi connectivity index (χ1n) is 10.9. The minimum Gasteiger partial charge on any atom is -0.381 e. The maximum Gasteiger partial charge on any atom is 0.191 e. The normalized spacial score (nSPS) is 14.8. The van der Waals surface area contributed by atoms with E-state index in [0.29, 0.717) is 25.8 Å². The highest BCUT2D eigenvalue weighted by Crippen LogP contribution is 2.14. The van der Waals surface area contributed by atoms with E-state index in [1.54, 1.807) is 0 Å². The molecule has 9 heteroatoms. The number of benzene rings is 1. The first-order chi connectivity index (χ1) is 15.3. The van der Waals surface area contributed by atoms with Gasteiger partial charge in [0.2, 0.25) is 0 Å². The molecule has 0 atom stereocenters. The molecular formula is C23H31IN6O2. The van der Waals surface area contributed by atoms with Crippen molar-refractivity contribution in [2.75, 3.05) is 19.8 Å². The van der Waals surface area contributed by atoms with E-state index in [4.69, 9.17) is 14.5 Å². The van der Waals surface area contributed by atoms with E-state index >= 15 is 0 Å². The highest BCUT2D eigenvalue weighted by molar-refractivity contribution is 14.0. The Morgan fingerprint density at radius 1 is 1.09 bits per heavy atom. The maximum absolute atomic E-state index is 6.00. The van der Waals surface area contributed by atoms with E-state index in [9.17, 15) is 0 Å². The Kier molecular flexibility index (Phi) is 9.69. The van der Waals surface area contributed by atoms with Gasteiger partial charge in [-0.2, -0.15) is 0 Å². The zero-order valence-corrected chi connectivity index (χ0v) is 20.7. The van der Waals surface area contributed by atoms with Gasteiger partial charge in [0, 0.05) is 26.0 Å². The van der Waals surface area contributed by atoms with Crippen molar-refractivity contribution in [1.29, 1.82) is 0 Å². The van der Waals surface area contributed by atoms with Crippen LogP contribution in [0.25, 0.3) is 5.65 Å². The summed E-state index contributed by atoms with van der Waals surface area (Å²) >= 11 is 0. The van der Waals surface area contributed by atoms with Crippen LogP contribution in [-0.2, 0) is 29.2 Å². The lowest BCUT2D eigenvalue weighted by molar-refractivity contribution is -0.0390. The van der Waals surface area contributed by atoms with Crippen LogP contribution in [0.4, 0.5) is 0 Å². The highest BCUT2D eigenvalue weighted by Gasteiger charge is 2.14. The summed E-state index contributed by atoms with van der Waals surface area (Å²) in [6, 6.07) is 14.3. The van der Waals surface area contributed by atoms with Gasteiger partial charge in [-0.05, 0) is 43.0 Å². The van der Waals surface area contributed by atoms with Gasteiger partial charge in [-0.25, -0.2) is 4.99 Å². The van der Waals surface area contributed by atoms with Crippen molar-refractivity contribution in [2.45, 2.75) is 45.6 Å². The van der Waals surface area contributed by atoms with Gasteiger partial charge in [0.15, 0.2) is 17.4 Å². The van der Waals surface area contributed by atoms with Crippen LogP contribution >= 0.6 is 24.0 Å². The Balaban J connectivity index is 0.00000289. The Labute approximate surface area is 205 Å². The number of hydrogen-bond acceptors (Lipinski definition) is 5. The van der Waals surface area contributed by atoms with Gasteiger partial charge in [0.25, 0.3) is 0 Å². The van der Waals surface area contributed by atoms with Crippen LogP contribution in [-0.4, -0.2) is 46.4 Å². The number of ether oxygens (including phenoxy) is 2. The Morgan fingerprint density at radius 2 is 1.88 bits per heavy atom. The second-order valence-electron chi connectivity index (χ2n) is 7.53. The molecule has 0 amide bonds. The summed E-state index contributed by atoms with van der Waals surface area (Å²) in [5, 5.41) is 15.1. The molecule has 0 bridgehead atoms. The van der Waals surface area contributed by atoms with Crippen molar-refractivity contribution in [3.8, 4) is 0 Å². The zero-order valence-electron chi connectivity index (χ0n) is 18.4. The number of aromatic nitrogens is 3. The van der Waals surface area contributed by atoms with Crippen molar-refractivity contribution >= 4 is 35.6 Å². The molecule has 8 nitrogen and oxygen atoms in total. The fourth-order valence-corrected chi connectivity index (χ4v) is 3.48. The van der Waals surface area contributed by atoms with Crippen LogP contribution in [0.5, 0.6) is 0 Å². The highest BCUT2D eigenvalue weighted by atomic mass is 127. The molecule has 0 radical (unpaired) electrons. The standard InChI is InChI=1S/C23H30N6O2.HI/c1-2-24-23(26-16-22-28-27-21-5-3-4-12-29(21)22)25-15-18-6-8-19(9-7-18)17-31-20-10-13-30-14-11-20;/h3-9,12,20H,2,10-11,13-17H2,1H3,(H2,24,25,26);1H. The molecule has 0 saturated carbocycles. The third kappa shape index (κ3) is 6.88. The Morgan fingerprint density at radius 3 is 2.66 bits per heavy atom. The van der Waals surface area contributed by atoms with Gasteiger partial charge in [-0.15, -0.1) is 34.2 Å². The van der Waals surface area contributed by atoms with Crippen molar-refractivity contribution in [3.63, 3.8) is 0 Å². The number of rotatable bonds is 8. The number of guanidine groups is 1. The predicted molar refractivity (Wildman–Crippen MR) is 135 cm³/mol. The van der Waals surface area contributed by atoms with Crippen LogP contribution in [0.2, 0.25) is 0 Å². The smallest absolute Gasteiger partial charge is 0.191 e.